The van der Waals surface area contributed by atoms with Crippen LogP contribution in [-0.2, 0) is 4.74 Å². The topological polar surface area (TPSA) is 137 Å². The Morgan fingerprint density at radius 1 is 1.43 bits per heavy atom. The van der Waals surface area contributed by atoms with Gasteiger partial charge in [0.15, 0.2) is 6.23 Å². The number of hydrogen-bond donors (Lipinski definition) is 5. The Bertz CT molecular complexity index is 660. The van der Waals surface area contributed by atoms with Crippen LogP contribution in [0.5, 0.6) is 0 Å². The van der Waals surface area contributed by atoms with E-state index in [9.17, 15) is 19.8 Å². The molecule has 21 heavy (non-hydrogen) atoms. The van der Waals surface area contributed by atoms with Crippen molar-refractivity contribution in [3.63, 3.8) is 0 Å². The van der Waals surface area contributed by atoms with E-state index in [-0.39, 0.29) is 12.2 Å². The first-order valence-corrected chi connectivity index (χ1v) is 6.14. The van der Waals surface area contributed by atoms with Gasteiger partial charge in [-0.25, -0.2) is 4.79 Å². The number of ether oxygens (including phenoxy) is 1. The minimum absolute atomic E-state index is 0.0188. The quantitative estimate of drug-likeness (QED) is 0.378. The van der Waals surface area contributed by atoms with Crippen LogP contribution < -0.4 is 16.6 Å². The van der Waals surface area contributed by atoms with Crippen LogP contribution in [-0.4, -0.2) is 56.3 Å². The van der Waals surface area contributed by atoms with Crippen LogP contribution in [0.2, 0.25) is 0 Å². The van der Waals surface area contributed by atoms with Gasteiger partial charge in [0.05, 0.1) is 13.2 Å². The maximum Gasteiger partial charge on any atom is 0.330 e. The van der Waals surface area contributed by atoms with Crippen molar-refractivity contribution in [3.05, 3.63) is 27.0 Å². The summed E-state index contributed by atoms with van der Waals surface area (Å²) in [5, 5.41) is 31.2. The molecule has 4 atom stereocenters. The lowest BCUT2D eigenvalue weighted by molar-refractivity contribution is -0.0549. The number of aliphatic hydroxyl groups is 3. The number of aromatic amines is 1. The Kier molecular flexibility index (Phi) is 4.44. The third-order valence-corrected chi connectivity index (χ3v) is 3.14. The summed E-state index contributed by atoms with van der Waals surface area (Å²) in [5.41, 5.74) is -1.47. The van der Waals surface area contributed by atoms with Crippen molar-refractivity contribution < 1.29 is 20.1 Å². The van der Waals surface area contributed by atoms with Crippen molar-refractivity contribution in [3.8, 4) is 12.3 Å². The highest BCUT2D eigenvalue weighted by Gasteiger charge is 2.43. The predicted molar refractivity (Wildman–Crippen MR) is 71.7 cm³/mol. The van der Waals surface area contributed by atoms with Gasteiger partial charge in [0.2, 0.25) is 0 Å². The molecule has 1 aromatic heterocycles. The number of H-pyrrole nitrogens is 1. The number of anilines is 1. The lowest BCUT2D eigenvalue weighted by Gasteiger charge is -2.18. The van der Waals surface area contributed by atoms with E-state index < -0.39 is 42.4 Å². The highest BCUT2D eigenvalue weighted by Crippen LogP contribution is 2.28. The first-order valence-electron chi connectivity index (χ1n) is 6.14. The average molecular weight is 297 g/mol. The zero-order chi connectivity index (χ0) is 15.6. The zero-order valence-electron chi connectivity index (χ0n) is 10.9. The molecule has 9 nitrogen and oxygen atoms in total. The van der Waals surface area contributed by atoms with Gasteiger partial charge in [0.1, 0.15) is 24.0 Å². The Hall–Kier alpha value is -2.12. The molecule has 2 rings (SSSR count). The second-order valence-electron chi connectivity index (χ2n) is 4.50. The van der Waals surface area contributed by atoms with Gasteiger partial charge in [-0.2, -0.15) is 0 Å². The lowest BCUT2D eigenvalue weighted by Crippen LogP contribution is -2.38. The summed E-state index contributed by atoms with van der Waals surface area (Å²) in [5.74, 6) is 2.27. The van der Waals surface area contributed by atoms with Gasteiger partial charge in [-0.05, 0) is 0 Å². The largest absolute Gasteiger partial charge is 0.394 e. The fourth-order valence-electron chi connectivity index (χ4n) is 2.06. The molecule has 0 unspecified atom stereocenters. The number of hydrogen-bond acceptors (Lipinski definition) is 7. The molecule has 0 spiro atoms. The van der Waals surface area contributed by atoms with E-state index in [1.165, 1.54) is 0 Å². The minimum Gasteiger partial charge on any atom is -0.394 e. The van der Waals surface area contributed by atoms with Crippen molar-refractivity contribution >= 4 is 5.69 Å². The van der Waals surface area contributed by atoms with E-state index in [2.05, 4.69) is 11.2 Å². The molecule has 0 bridgehead atoms. The lowest BCUT2D eigenvalue weighted by atomic mass is 10.1. The maximum atomic E-state index is 11.8. The van der Waals surface area contributed by atoms with Gasteiger partial charge < -0.3 is 25.4 Å². The smallest absolute Gasteiger partial charge is 0.330 e. The molecule has 0 amide bonds. The zero-order valence-corrected chi connectivity index (χ0v) is 10.9. The molecule has 9 heteroatoms. The molecule has 0 radical (unpaired) electrons. The Morgan fingerprint density at radius 3 is 2.71 bits per heavy atom. The fourth-order valence-corrected chi connectivity index (χ4v) is 2.06. The monoisotopic (exact) mass is 297 g/mol. The summed E-state index contributed by atoms with van der Waals surface area (Å²) in [4.78, 5) is 25.4. The van der Waals surface area contributed by atoms with E-state index in [0.29, 0.717) is 0 Å². The highest BCUT2D eigenvalue weighted by atomic mass is 16.6. The first kappa shape index (κ1) is 15.3. The van der Waals surface area contributed by atoms with Gasteiger partial charge in [-0.15, -0.1) is 6.42 Å². The van der Waals surface area contributed by atoms with Crippen molar-refractivity contribution in [1.29, 1.82) is 0 Å². The molecule has 1 saturated heterocycles. The summed E-state index contributed by atoms with van der Waals surface area (Å²) in [6.45, 7) is -0.452. The SMILES string of the molecule is C#CCNc1cn([C@@H]2O[C@H](CO)[C@@H](O)[C@H]2O)c(=O)[nH]c1=O. The van der Waals surface area contributed by atoms with E-state index in [1.54, 1.807) is 0 Å². The number of aromatic nitrogens is 2. The third kappa shape index (κ3) is 2.84. The highest BCUT2D eigenvalue weighted by molar-refractivity contribution is 5.39. The number of nitrogens with one attached hydrogen (secondary N) is 2. The molecular formula is C12H15N3O6. The van der Waals surface area contributed by atoms with Crippen LogP contribution in [0, 0.1) is 12.3 Å². The van der Waals surface area contributed by atoms with Crippen molar-refractivity contribution in [2.24, 2.45) is 0 Å². The van der Waals surface area contributed by atoms with Crippen LogP contribution in [0.3, 0.4) is 0 Å². The van der Waals surface area contributed by atoms with Crippen LogP contribution in [0.25, 0.3) is 0 Å². The molecule has 1 fully saturated rings. The second kappa shape index (κ2) is 6.11. The van der Waals surface area contributed by atoms with Crippen molar-refractivity contribution in [2.75, 3.05) is 18.5 Å². The van der Waals surface area contributed by atoms with Crippen LogP contribution >= 0.6 is 0 Å². The van der Waals surface area contributed by atoms with E-state index in [4.69, 9.17) is 16.3 Å². The summed E-state index contributed by atoms with van der Waals surface area (Å²) in [6.07, 6.45) is 1.19. The standard InChI is InChI=1S/C12H15N3O6/c1-2-3-13-6-4-15(12(20)14-10(6)19)11-9(18)8(17)7(5-16)21-11/h1,4,7-9,11,13,16-18H,3,5H2,(H,14,19,20)/t7-,8-,9-,11-/m1/s1. The summed E-state index contributed by atoms with van der Waals surface area (Å²) >= 11 is 0. The number of aliphatic hydroxyl groups excluding tert-OH is 3. The normalized spacial score (nSPS) is 28.3. The molecule has 0 aromatic carbocycles. The Balaban J connectivity index is 2.38. The minimum atomic E-state index is -1.42. The van der Waals surface area contributed by atoms with Crippen LogP contribution in [0.4, 0.5) is 5.69 Å². The molecule has 1 aromatic rings. The molecular weight excluding hydrogens is 282 g/mol. The summed E-state index contributed by atoms with van der Waals surface area (Å²) < 4.78 is 6.14. The Morgan fingerprint density at radius 2 is 2.14 bits per heavy atom. The first-order chi connectivity index (χ1) is 9.99. The third-order valence-electron chi connectivity index (χ3n) is 3.14. The molecule has 5 N–H and O–H groups in total. The van der Waals surface area contributed by atoms with Gasteiger partial charge in [0, 0.05) is 6.20 Å². The second-order valence-corrected chi connectivity index (χ2v) is 4.50. The molecule has 1 aliphatic heterocycles. The van der Waals surface area contributed by atoms with E-state index in [0.717, 1.165) is 10.8 Å². The molecule has 0 aliphatic carbocycles. The fraction of sp³-hybridized carbons (Fsp3) is 0.500. The molecule has 0 saturated carbocycles. The van der Waals surface area contributed by atoms with Gasteiger partial charge in [0.25, 0.3) is 5.56 Å². The molecule has 114 valence electrons. The van der Waals surface area contributed by atoms with E-state index >= 15 is 0 Å². The molecule has 2 heterocycles. The van der Waals surface area contributed by atoms with Crippen molar-refractivity contribution in [2.45, 2.75) is 24.5 Å². The summed E-state index contributed by atoms with van der Waals surface area (Å²) in [7, 11) is 0. The average Bonchev–Trinajstić information content (AvgIpc) is 2.74. The number of rotatable bonds is 4. The number of terminal acetylenes is 1. The van der Waals surface area contributed by atoms with Crippen molar-refractivity contribution in [1.82, 2.24) is 9.55 Å². The van der Waals surface area contributed by atoms with Gasteiger partial charge >= 0.3 is 5.69 Å². The molecule has 1 aliphatic rings. The van der Waals surface area contributed by atoms with Gasteiger partial charge in [-0.3, -0.25) is 14.3 Å². The van der Waals surface area contributed by atoms with E-state index in [1.807, 2.05) is 4.98 Å². The maximum absolute atomic E-state index is 11.8. The van der Waals surface area contributed by atoms with Crippen LogP contribution in [0.15, 0.2) is 15.8 Å². The predicted octanol–water partition coefficient (Wildman–Crippen LogP) is -2.81. The summed E-state index contributed by atoms with van der Waals surface area (Å²) in [6, 6.07) is 0. The van der Waals surface area contributed by atoms with Crippen LogP contribution in [0.1, 0.15) is 6.23 Å². The number of nitrogens with zero attached hydrogens (tertiary/aromatic N) is 1. The van der Waals surface area contributed by atoms with Gasteiger partial charge in [-0.1, -0.05) is 5.92 Å². The Labute approximate surface area is 118 Å².